The molecule has 0 aliphatic heterocycles. The molecule has 0 saturated carbocycles. The van der Waals surface area contributed by atoms with Crippen LogP contribution in [0.2, 0.25) is 0 Å². The maximum Gasteiger partial charge on any atom is 0.138 e. The van der Waals surface area contributed by atoms with Crippen LogP contribution >= 0.6 is 0 Å². The van der Waals surface area contributed by atoms with Crippen molar-refractivity contribution in [1.82, 2.24) is 24.7 Å². The fourth-order valence-electron chi connectivity index (χ4n) is 2.42. The zero-order valence-corrected chi connectivity index (χ0v) is 12.0. The zero-order valence-electron chi connectivity index (χ0n) is 12.0. The molecular formula is C15H17N5O. The van der Waals surface area contributed by atoms with Gasteiger partial charge in [0.05, 0.1) is 17.1 Å². The van der Waals surface area contributed by atoms with Crippen molar-refractivity contribution in [3.05, 3.63) is 48.3 Å². The molecule has 0 spiro atoms. The van der Waals surface area contributed by atoms with E-state index in [9.17, 15) is 5.11 Å². The fourth-order valence-corrected chi connectivity index (χ4v) is 2.42. The highest BCUT2D eigenvalue weighted by Gasteiger charge is 2.17. The van der Waals surface area contributed by atoms with Crippen molar-refractivity contribution < 1.29 is 5.11 Å². The minimum absolute atomic E-state index is 0.210. The highest BCUT2D eigenvalue weighted by atomic mass is 16.3. The van der Waals surface area contributed by atoms with E-state index >= 15 is 0 Å². The molecule has 21 heavy (non-hydrogen) atoms. The first-order valence-corrected chi connectivity index (χ1v) is 6.93. The quantitative estimate of drug-likeness (QED) is 0.793. The molecule has 0 aliphatic carbocycles. The van der Waals surface area contributed by atoms with Gasteiger partial charge in [-0.2, -0.15) is 5.10 Å². The van der Waals surface area contributed by atoms with Crippen molar-refractivity contribution in [2.75, 3.05) is 0 Å². The highest BCUT2D eigenvalue weighted by Crippen LogP contribution is 2.24. The number of rotatable bonds is 4. The molecule has 1 N–H and O–H groups in total. The van der Waals surface area contributed by atoms with Crippen molar-refractivity contribution in [1.29, 1.82) is 0 Å². The Morgan fingerprint density at radius 3 is 2.76 bits per heavy atom. The summed E-state index contributed by atoms with van der Waals surface area (Å²) in [6.07, 6.45) is 4.51. The normalized spacial score (nSPS) is 13.0. The second-order valence-corrected chi connectivity index (χ2v) is 5.21. The third-order valence-corrected chi connectivity index (χ3v) is 3.40. The summed E-state index contributed by atoms with van der Waals surface area (Å²) < 4.78 is 1.82. The number of aliphatic hydroxyl groups excluding tert-OH is 1. The number of aliphatic hydroxyl groups is 1. The zero-order chi connectivity index (χ0) is 14.8. The Morgan fingerprint density at radius 1 is 1.14 bits per heavy atom. The molecule has 0 radical (unpaired) electrons. The number of nitrogens with zero attached hydrogens (tertiary/aromatic N) is 5. The molecule has 108 valence electrons. The minimum Gasteiger partial charge on any atom is -0.388 e. The number of benzene rings is 1. The van der Waals surface area contributed by atoms with Gasteiger partial charge in [0.25, 0.3) is 0 Å². The Balaban J connectivity index is 1.94. The summed E-state index contributed by atoms with van der Waals surface area (Å²) >= 11 is 0. The summed E-state index contributed by atoms with van der Waals surface area (Å²) in [7, 11) is 0. The van der Waals surface area contributed by atoms with Gasteiger partial charge in [0, 0.05) is 30.4 Å². The number of hydrogen-bond donors (Lipinski definition) is 1. The van der Waals surface area contributed by atoms with E-state index in [0.29, 0.717) is 6.42 Å². The van der Waals surface area contributed by atoms with Crippen LogP contribution in [-0.4, -0.2) is 29.8 Å². The standard InChI is InChI=1S/C15H17N5O/c1-10(2)20-14(18-9-19-20)8-13(21)11-4-3-5-12-15(11)17-7-6-16-12/h3-7,9-10,13,21H,8H2,1-2H3. The molecule has 0 bridgehead atoms. The number of hydrogen-bond acceptors (Lipinski definition) is 5. The summed E-state index contributed by atoms with van der Waals surface area (Å²) in [5.41, 5.74) is 2.27. The first-order valence-electron chi connectivity index (χ1n) is 6.93. The lowest BCUT2D eigenvalue weighted by molar-refractivity contribution is 0.174. The second kappa shape index (κ2) is 5.57. The summed E-state index contributed by atoms with van der Waals surface area (Å²) in [4.78, 5) is 12.8. The van der Waals surface area contributed by atoms with Gasteiger partial charge in [-0.05, 0) is 19.9 Å². The van der Waals surface area contributed by atoms with Gasteiger partial charge in [-0.1, -0.05) is 12.1 Å². The van der Waals surface area contributed by atoms with Gasteiger partial charge in [0.1, 0.15) is 12.2 Å². The van der Waals surface area contributed by atoms with Gasteiger partial charge < -0.3 is 5.11 Å². The van der Waals surface area contributed by atoms with Gasteiger partial charge in [-0.15, -0.1) is 0 Å². The molecule has 2 heterocycles. The lowest BCUT2D eigenvalue weighted by Gasteiger charge is -2.14. The van der Waals surface area contributed by atoms with E-state index in [1.54, 1.807) is 12.4 Å². The molecule has 1 aromatic carbocycles. The van der Waals surface area contributed by atoms with E-state index in [0.717, 1.165) is 22.4 Å². The molecule has 6 nitrogen and oxygen atoms in total. The Morgan fingerprint density at radius 2 is 1.95 bits per heavy atom. The van der Waals surface area contributed by atoms with Crippen LogP contribution in [0, 0.1) is 0 Å². The summed E-state index contributed by atoms with van der Waals surface area (Å²) in [6, 6.07) is 5.84. The van der Waals surface area contributed by atoms with Crippen molar-refractivity contribution in [3.8, 4) is 0 Å². The van der Waals surface area contributed by atoms with Crippen LogP contribution in [0.4, 0.5) is 0 Å². The Hall–Kier alpha value is -2.34. The molecule has 3 rings (SSSR count). The molecule has 2 aromatic heterocycles. The fraction of sp³-hybridized carbons (Fsp3) is 0.333. The molecule has 1 atom stereocenters. The van der Waals surface area contributed by atoms with E-state index in [1.807, 2.05) is 36.7 Å². The smallest absolute Gasteiger partial charge is 0.138 e. The van der Waals surface area contributed by atoms with Crippen LogP contribution in [0.25, 0.3) is 11.0 Å². The van der Waals surface area contributed by atoms with Gasteiger partial charge >= 0.3 is 0 Å². The van der Waals surface area contributed by atoms with Crippen molar-refractivity contribution in [3.63, 3.8) is 0 Å². The van der Waals surface area contributed by atoms with E-state index in [4.69, 9.17) is 0 Å². The number of fused-ring (bicyclic) bond motifs is 1. The molecule has 6 heteroatoms. The van der Waals surface area contributed by atoms with Crippen LogP contribution in [0.1, 0.15) is 37.4 Å². The molecule has 3 aromatic rings. The van der Waals surface area contributed by atoms with E-state index in [1.165, 1.54) is 6.33 Å². The number of aromatic nitrogens is 5. The average molecular weight is 283 g/mol. The Labute approximate surface area is 122 Å². The summed E-state index contributed by atoms with van der Waals surface area (Å²) in [5, 5.41) is 14.7. The number of para-hydroxylation sites is 1. The van der Waals surface area contributed by atoms with E-state index in [-0.39, 0.29) is 6.04 Å². The topological polar surface area (TPSA) is 76.7 Å². The predicted molar refractivity (Wildman–Crippen MR) is 78.6 cm³/mol. The van der Waals surface area contributed by atoms with Crippen LogP contribution in [0.5, 0.6) is 0 Å². The third-order valence-electron chi connectivity index (χ3n) is 3.40. The maximum absolute atomic E-state index is 10.5. The highest BCUT2D eigenvalue weighted by molar-refractivity contribution is 5.77. The Kier molecular flexibility index (Phi) is 3.62. The lowest BCUT2D eigenvalue weighted by Crippen LogP contribution is -2.12. The first kappa shape index (κ1) is 13.6. The molecule has 0 fully saturated rings. The van der Waals surface area contributed by atoms with Crippen LogP contribution in [-0.2, 0) is 6.42 Å². The molecule has 0 aliphatic rings. The molecule has 1 unspecified atom stereocenters. The average Bonchev–Trinajstić information content (AvgIpc) is 2.95. The third kappa shape index (κ3) is 2.62. The van der Waals surface area contributed by atoms with Gasteiger partial charge in [0.2, 0.25) is 0 Å². The minimum atomic E-state index is -0.688. The van der Waals surface area contributed by atoms with Crippen molar-refractivity contribution in [2.45, 2.75) is 32.4 Å². The van der Waals surface area contributed by atoms with Crippen LogP contribution < -0.4 is 0 Å². The van der Waals surface area contributed by atoms with Crippen molar-refractivity contribution in [2.24, 2.45) is 0 Å². The SMILES string of the molecule is CC(C)n1ncnc1CC(O)c1cccc2nccnc12. The largest absolute Gasteiger partial charge is 0.388 e. The van der Waals surface area contributed by atoms with E-state index in [2.05, 4.69) is 20.1 Å². The van der Waals surface area contributed by atoms with Crippen molar-refractivity contribution >= 4 is 11.0 Å². The van der Waals surface area contributed by atoms with Crippen LogP contribution in [0.15, 0.2) is 36.9 Å². The van der Waals surface area contributed by atoms with Gasteiger partial charge in [-0.25, -0.2) is 9.67 Å². The monoisotopic (exact) mass is 283 g/mol. The first-order chi connectivity index (χ1) is 10.2. The molecular weight excluding hydrogens is 266 g/mol. The molecule has 0 amide bonds. The lowest BCUT2D eigenvalue weighted by atomic mass is 10.0. The van der Waals surface area contributed by atoms with Gasteiger partial charge in [0.15, 0.2) is 0 Å². The van der Waals surface area contributed by atoms with Crippen LogP contribution in [0.3, 0.4) is 0 Å². The summed E-state index contributed by atoms with van der Waals surface area (Å²) in [6.45, 7) is 4.07. The summed E-state index contributed by atoms with van der Waals surface area (Å²) in [5.74, 6) is 0.762. The molecule has 0 saturated heterocycles. The second-order valence-electron chi connectivity index (χ2n) is 5.21. The maximum atomic E-state index is 10.5. The predicted octanol–water partition coefficient (Wildman–Crippen LogP) is 2.08. The Bertz CT molecular complexity index is 747. The van der Waals surface area contributed by atoms with Gasteiger partial charge in [-0.3, -0.25) is 9.97 Å². The van der Waals surface area contributed by atoms with E-state index < -0.39 is 6.10 Å².